The fourth-order valence-electron chi connectivity index (χ4n) is 4.41. The first-order valence-corrected chi connectivity index (χ1v) is 12.1. The Hall–Kier alpha value is -4.17. The normalized spacial score (nSPS) is 17.0. The molecule has 8 heteroatoms. The van der Waals surface area contributed by atoms with E-state index in [1.165, 1.54) is 0 Å². The molecule has 1 fully saturated rings. The summed E-state index contributed by atoms with van der Waals surface area (Å²) in [7, 11) is 1.58. The molecular weight excluding hydrogens is 472 g/mol. The van der Waals surface area contributed by atoms with Crippen LogP contribution in [0.25, 0.3) is 11.3 Å². The van der Waals surface area contributed by atoms with Crippen LogP contribution in [0.1, 0.15) is 30.0 Å². The molecule has 1 aliphatic rings. The number of benzene rings is 2. The van der Waals surface area contributed by atoms with Gasteiger partial charge >= 0.3 is 0 Å². The first-order chi connectivity index (χ1) is 17.6. The van der Waals surface area contributed by atoms with Crippen LogP contribution in [0.4, 0.5) is 5.69 Å². The summed E-state index contributed by atoms with van der Waals surface area (Å²) >= 11 is 5.71. The number of thiocarbonyl (C=S) groups is 1. The molecule has 3 heterocycles. The number of methoxy groups -OCH3 is 1. The summed E-state index contributed by atoms with van der Waals surface area (Å²) in [6.45, 7) is 0.405. The summed E-state index contributed by atoms with van der Waals surface area (Å²) in [5.74, 6) is 2.01. The number of aromatic nitrogens is 1. The summed E-state index contributed by atoms with van der Waals surface area (Å²) in [4.78, 5) is 19.4. The molecule has 0 aliphatic carbocycles. The first kappa shape index (κ1) is 23.6. The minimum atomic E-state index is -0.260. The lowest BCUT2D eigenvalue weighted by atomic mass is 10.0. The zero-order valence-electron chi connectivity index (χ0n) is 19.8. The average Bonchev–Trinajstić information content (AvgIpc) is 3.53. The maximum absolute atomic E-state index is 12.8. The maximum Gasteiger partial charge on any atom is 0.226 e. The lowest BCUT2D eigenvalue weighted by Gasteiger charge is -2.26. The van der Waals surface area contributed by atoms with Crippen molar-refractivity contribution >= 4 is 28.9 Å². The third kappa shape index (κ3) is 4.94. The second kappa shape index (κ2) is 10.6. The van der Waals surface area contributed by atoms with E-state index in [1.54, 1.807) is 13.3 Å². The van der Waals surface area contributed by atoms with E-state index in [4.69, 9.17) is 21.4 Å². The van der Waals surface area contributed by atoms with Crippen molar-refractivity contribution in [2.45, 2.75) is 18.5 Å². The molecule has 1 saturated heterocycles. The van der Waals surface area contributed by atoms with Gasteiger partial charge in [0.2, 0.25) is 5.91 Å². The molecule has 5 rings (SSSR count). The van der Waals surface area contributed by atoms with Gasteiger partial charge in [-0.2, -0.15) is 0 Å². The molecule has 2 atom stereocenters. The Labute approximate surface area is 215 Å². The summed E-state index contributed by atoms with van der Waals surface area (Å²) in [5.41, 5.74) is 2.48. The fraction of sp³-hybridized carbons (Fsp3) is 0.179. The van der Waals surface area contributed by atoms with Gasteiger partial charge in [0.15, 0.2) is 5.11 Å². The van der Waals surface area contributed by atoms with Crippen LogP contribution in [0, 0.1) is 0 Å². The number of rotatable bonds is 8. The van der Waals surface area contributed by atoms with E-state index in [2.05, 4.69) is 15.6 Å². The molecule has 7 nitrogen and oxygen atoms in total. The number of hydrogen-bond donors (Lipinski definition) is 2. The van der Waals surface area contributed by atoms with Crippen LogP contribution in [-0.2, 0) is 4.79 Å². The number of pyridine rings is 1. The molecular formula is C28H26N4O3S. The van der Waals surface area contributed by atoms with Crippen LogP contribution < -0.4 is 15.4 Å². The molecule has 0 spiro atoms. The van der Waals surface area contributed by atoms with Crippen LogP contribution in [-0.4, -0.2) is 34.6 Å². The molecule has 182 valence electrons. The smallest absolute Gasteiger partial charge is 0.226 e. The monoisotopic (exact) mass is 498 g/mol. The molecule has 0 unspecified atom stereocenters. The Morgan fingerprint density at radius 2 is 1.83 bits per heavy atom. The molecule has 0 radical (unpaired) electrons. The molecule has 2 N–H and O–H groups in total. The van der Waals surface area contributed by atoms with E-state index in [0.717, 1.165) is 22.8 Å². The van der Waals surface area contributed by atoms with Gasteiger partial charge < -0.3 is 24.7 Å². The number of nitrogens with zero attached hydrogens (tertiary/aromatic N) is 2. The zero-order valence-corrected chi connectivity index (χ0v) is 20.6. The van der Waals surface area contributed by atoms with Crippen LogP contribution in [0.2, 0.25) is 0 Å². The van der Waals surface area contributed by atoms with Crippen LogP contribution in [0.15, 0.2) is 95.5 Å². The van der Waals surface area contributed by atoms with E-state index < -0.39 is 0 Å². The van der Waals surface area contributed by atoms with Crippen LogP contribution in [0.5, 0.6) is 5.75 Å². The van der Waals surface area contributed by atoms with Gasteiger partial charge in [0.25, 0.3) is 0 Å². The van der Waals surface area contributed by atoms with E-state index in [0.29, 0.717) is 23.1 Å². The quantitative estimate of drug-likeness (QED) is 0.317. The standard InChI is InChI=1S/C28H26N4O3S/c1-34-23-13-6-5-11-20(23)30-25(33)16-18-32-27(26(31-28(32)36)21-12-7-8-17-29-21)24-15-14-22(35-24)19-9-3-2-4-10-19/h2-15,17,26-27H,16,18H2,1H3,(H,30,33)(H,31,36)/t26-,27+/m0/s1. The second-order valence-corrected chi connectivity index (χ2v) is 8.77. The van der Waals surface area contributed by atoms with E-state index in [-0.39, 0.29) is 24.4 Å². The van der Waals surface area contributed by atoms with Crippen molar-refractivity contribution in [3.8, 4) is 17.1 Å². The van der Waals surface area contributed by atoms with E-state index >= 15 is 0 Å². The third-order valence-electron chi connectivity index (χ3n) is 6.14. The summed E-state index contributed by atoms with van der Waals surface area (Å²) < 4.78 is 11.7. The van der Waals surface area contributed by atoms with Gasteiger partial charge in [0.05, 0.1) is 24.5 Å². The van der Waals surface area contributed by atoms with Gasteiger partial charge in [-0.05, 0) is 48.6 Å². The second-order valence-electron chi connectivity index (χ2n) is 8.39. The van der Waals surface area contributed by atoms with Crippen molar-refractivity contribution < 1.29 is 13.9 Å². The van der Waals surface area contributed by atoms with Crippen molar-refractivity contribution in [2.75, 3.05) is 19.0 Å². The number of para-hydroxylation sites is 2. The highest BCUT2D eigenvalue weighted by atomic mass is 32.1. The highest BCUT2D eigenvalue weighted by Gasteiger charge is 2.41. The third-order valence-corrected chi connectivity index (χ3v) is 6.49. The Morgan fingerprint density at radius 3 is 2.61 bits per heavy atom. The van der Waals surface area contributed by atoms with Gasteiger partial charge in [-0.25, -0.2) is 0 Å². The van der Waals surface area contributed by atoms with Crippen molar-refractivity contribution in [1.82, 2.24) is 15.2 Å². The number of ether oxygens (including phenoxy) is 1. The molecule has 36 heavy (non-hydrogen) atoms. The first-order valence-electron chi connectivity index (χ1n) is 11.7. The van der Waals surface area contributed by atoms with Crippen LogP contribution >= 0.6 is 12.2 Å². The molecule has 4 aromatic rings. The summed E-state index contributed by atoms with van der Waals surface area (Å²) in [6, 6.07) is 26.5. The number of nitrogens with one attached hydrogen (secondary N) is 2. The molecule has 1 amide bonds. The lowest BCUT2D eigenvalue weighted by molar-refractivity contribution is -0.116. The van der Waals surface area contributed by atoms with E-state index in [1.807, 2.05) is 89.8 Å². The van der Waals surface area contributed by atoms with E-state index in [9.17, 15) is 4.79 Å². The largest absolute Gasteiger partial charge is 0.495 e. The SMILES string of the molecule is COc1ccccc1NC(=O)CCN1C(=S)N[C@@H](c2ccccn2)[C@H]1c1ccc(-c2ccccc2)o1. The molecule has 2 aromatic carbocycles. The highest BCUT2D eigenvalue weighted by molar-refractivity contribution is 7.80. The van der Waals surface area contributed by atoms with Gasteiger partial charge in [0.1, 0.15) is 23.3 Å². The number of carbonyl (C=O) groups is 1. The van der Waals surface area contributed by atoms with Crippen molar-refractivity contribution in [2.24, 2.45) is 0 Å². The van der Waals surface area contributed by atoms with Gasteiger partial charge in [0, 0.05) is 24.7 Å². The van der Waals surface area contributed by atoms with Gasteiger partial charge in [-0.15, -0.1) is 0 Å². The van der Waals surface area contributed by atoms with Gasteiger partial charge in [-0.1, -0.05) is 48.5 Å². The molecule has 0 bridgehead atoms. The predicted octanol–water partition coefficient (Wildman–Crippen LogP) is 5.35. The minimum Gasteiger partial charge on any atom is -0.495 e. The summed E-state index contributed by atoms with van der Waals surface area (Å²) in [6.07, 6.45) is 2.00. The number of amides is 1. The lowest BCUT2D eigenvalue weighted by Crippen LogP contribution is -2.32. The molecule has 2 aromatic heterocycles. The minimum absolute atomic E-state index is 0.133. The number of furan rings is 1. The summed E-state index contributed by atoms with van der Waals surface area (Å²) in [5, 5.41) is 6.88. The topological polar surface area (TPSA) is 79.6 Å². The van der Waals surface area contributed by atoms with Crippen molar-refractivity contribution in [3.05, 3.63) is 103 Å². The molecule has 0 saturated carbocycles. The Balaban J connectivity index is 1.39. The van der Waals surface area contributed by atoms with Crippen LogP contribution in [0.3, 0.4) is 0 Å². The molecule has 1 aliphatic heterocycles. The number of carbonyl (C=O) groups excluding carboxylic acids is 1. The number of anilines is 1. The fourth-order valence-corrected chi connectivity index (χ4v) is 4.74. The Morgan fingerprint density at radius 1 is 1.06 bits per heavy atom. The Bertz CT molecular complexity index is 1340. The van der Waals surface area contributed by atoms with Crippen molar-refractivity contribution in [3.63, 3.8) is 0 Å². The predicted molar refractivity (Wildman–Crippen MR) is 143 cm³/mol. The Kier molecular flexibility index (Phi) is 6.95. The average molecular weight is 499 g/mol. The van der Waals surface area contributed by atoms with Gasteiger partial charge in [-0.3, -0.25) is 9.78 Å². The van der Waals surface area contributed by atoms with Crippen molar-refractivity contribution in [1.29, 1.82) is 0 Å². The zero-order chi connectivity index (χ0) is 24.9. The number of hydrogen-bond acceptors (Lipinski definition) is 5. The maximum atomic E-state index is 12.8. The highest BCUT2D eigenvalue weighted by Crippen LogP contribution is 2.40.